The molecule has 0 fully saturated rings. The summed E-state index contributed by atoms with van der Waals surface area (Å²) in [5, 5.41) is 0. The lowest BCUT2D eigenvalue weighted by molar-refractivity contribution is -0.167. The summed E-state index contributed by atoms with van der Waals surface area (Å²) in [6, 6.07) is 0. The lowest BCUT2D eigenvalue weighted by atomic mass is 10.0. The van der Waals surface area contributed by atoms with Crippen molar-refractivity contribution in [3.63, 3.8) is 0 Å². The Labute approximate surface area is 458 Å². The molecule has 6 heteroatoms. The van der Waals surface area contributed by atoms with Crippen LogP contribution in [-0.4, -0.2) is 37.2 Å². The van der Waals surface area contributed by atoms with E-state index in [0.717, 1.165) is 122 Å². The van der Waals surface area contributed by atoms with Gasteiger partial charge in [-0.25, -0.2) is 0 Å². The van der Waals surface area contributed by atoms with E-state index in [0.29, 0.717) is 19.3 Å². The van der Waals surface area contributed by atoms with Crippen molar-refractivity contribution in [3.05, 3.63) is 85.1 Å². The van der Waals surface area contributed by atoms with Crippen LogP contribution in [0.15, 0.2) is 85.1 Å². The highest BCUT2D eigenvalue weighted by atomic mass is 16.6. The van der Waals surface area contributed by atoms with E-state index < -0.39 is 6.10 Å². The zero-order chi connectivity index (χ0) is 53.6. The molecular formula is C68H118O6. The molecule has 0 heterocycles. The normalized spacial score (nSPS) is 12.6. The SMILES string of the molecule is CC/C=C\C/C=C\C/C=C\C/C=C\CCCCCCC(=O)OCC(COC(=O)CCCCCCCCCCCCCCCCCCCCCC)OC(=O)CCCCCCCC/C=C\C/C=C\C/C=C\CCCCC. The fourth-order valence-electron chi connectivity index (χ4n) is 8.91. The third kappa shape index (κ3) is 59.5. The molecule has 0 spiro atoms. The standard InChI is InChI=1S/C68H118O6/c1-4-7-10-13-16-19-22-25-28-31-33-35-37-40-43-46-49-52-55-58-61-67(70)73-64-65(63-72-66(69)60-57-54-51-48-45-42-39-36-30-27-24-21-18-15-12-9-6-3)74-68(71)62-59-56-53-50-47-44-41-38-34-32-29-26-23-20-17-14-11-8-5-2/h9,12,17-18,20-21,26-27,29-30,34,38-39,42,65H,4-8,10-11,13-16,19,22-25,28,31-33,35-37,40-41,43-64H2,1-3H3/b12-9-,20-17-,21-18-,29-26-,30-27-,38-34-,42-39-. The van der Waals surface area contributed by atoms with Crippen molar-refractivity contribution in [2.45, 2.75) is 316 Å². The Morgan fingerprint density at radius 1 is 0.284 bits per heavy atom. The van der Waals surface area contributed by atoms with Gasteiger partial charge in [0, 0.05) is 19.3 Å². The van der Waals surface area contributed by atoms with Crippen molar-refractivity contribution in [2.75, 3.05) is 13.2 Å². The largest absolute Gasteiger partial charge is 0.462 e. The van der Waals surface area contributed by atoms with Crippen LogP contribution in [0.25, 0.3) is 0 Å². The van der Waals surface area contributed by atoms with Crippen molar-refractivity contribution >= 4 is 17.9 Å². The van der Waals surface area contributed by atoms with E-state index in [1.54, 1.807) is 0 Å². The quantitative estimate of drug-likeness (QED) is 0.0261. The first-order chi connectivity index (χ1) is 36.5. The van der Waals surface area contributed by atoms with Crippen LogP contribution >= 0.6 is 0 Å². The molecule has 0 N–H and O–H groups in total. The first kappa shape index (κ1) is 70.6. The Balaban J connectivity index is 4.42. The average Bonchev–Trinajstić information content (AvgIpc) is 3.40. The molecule has 0 saturated heterocycles. The number of esters is 3. The van der Waals surface area contributed by atoms with E-state index in [1.807, 2.05) is 0 Å². The number of rotatable bonds is 57. The molecule has 0 aliphatic heterocycles. The molecule has 0 radical (unpaired) electrons. The predicted molar refractivity (Wildman–Crippen MR) is 321 cm³/mol. The molecule has 0 aromatic carbocycles. The number of carbonyl (C=O) groups is 3. The Kier molecular flexibility index (Phi) is 59.3. The van der Waals surface area contributed by atoms with Gasteiger partial charge in [-0.2, -0.15) is 0 Å². The van der Waals surface area contributed by atoms with Crippen LogP contribution in [0, 0.1) is 0 Å². The van der Waals surface area contributed by atoms with Gasteiger partial charge in [0.15, 0.2) is 6.10 Å². The highest BCUT2D eigenvalue weighted by molar-refractivity contribution is 5.71. The molecule has 6 nitrogen and oxygen atoms in total. The Hall–Kier alpha value is -3.41. The van der Waals surface area contributed by atoms with Gasteiger partial charge < -0.3 is 14.2 Å². The minimum Gasteiger partial charge on any atom is -0.462 e. The van der Waals surface area contributed by atoms with Crippen LogP contribution in [-0.2, 0) is 28.6 Å². The molecule has 426 valence electrons. The summed E-state index contributed by atoms with van der Waals surface area (Å²) in [5.74, 6) is -0.912. The maximum atomic E-state index is 12.9. The fourth-order valence-corrected chi connectivity index (χ4v) is 8.91. The summed E-state index contributed by atoms with van der Waals surface area (Å²) < 4.78 is 16.9. The van der Waals surface area contributed by atoms with Gasteiger partial charge in [-0.1, -0.05) is 279 Å². The molecule has 0 aromatic rings. The number of carbonyl (C=O) groups excluding carboxylic acids is 3. The summed E-state index contributed by atoms with van der Waals surface area (Å²) in [6.07, 6.45) is 81.5. The predicted octanol–water partition coefficient (Wildman–Crippen LogP) is 21.5. The molecule has 1 atom stereocenters. The molecule has 0 bridgehead atoms. The van der Waals surface area contributed by atoms with Gasteiger partial charge in [-0.05, 0) is 96.3 Å². The second-order valence-corrected chi connectivity index (χ2v) is 20.9. The van der Waals surface area contributed by atoms with Crippen LogP contribution in [0.3, 0.4) is 0 Å². The van der Waals surface area contributed by atoms with E-state index in [-0.39, 0.29) is 31.1 Å². The highest BCUT2D eigenvalue weighted by Gasteiger charge is 2.19. The van der Waals surface area contributed by atoms with E-state index in [2.05, 4.69) is 106 Å². The van der Waals surface area contributed by atoms with Gasteiger partial charge in [0.25, 0.3) is 0 Å². The zero-order valence-corrected chi connectivity index (χ0v) is 48.8. The third-order valence-electron chi connectivity index (χ3n) is 13.6. The number of allylic oxidation sites excluding steroid dienone is 14. The smallest absolute Gasteiger partial charge is 0.306 e. The van der Waals surface area contributed by atoms with Crippen molar-refractivity contribution < 1.29 is 28.6 Å². The van der Waals surface area contributed by atoms with E-state index in [9.17, 15) is 14.4 Å². The second-order valence-electron chi connectivity index (χ2n) is 20.9. The number of hydrogen-bond donors (Lipinski definition) is 0. The van der Waals surface area contributed by atoms with E-state index >= 15 is 0 Å². The summed E-state index contributed by atoms with van der Waals surface area (Å²) in [4.78, 5) is 38.3. The molecule has 0 aliphatic carbocycles. The van der Waals surface area contributed by atoms with Crippen molar-refractivity contribution in [1.82, 2.24) is 0 Å². The topological polar surface area (TPSA) is 78.9 Å². The number of ether oxygens (including phenoxy) is 3. The molecule has 74 heavy (non-hydrogen) atoms. The maximum Gasteiger partial charge on any atom is 0.306 e. The first-order valence-electron chi connectivity index (χ1n) is 31.6. The molecule has 0 saturated carbocycles. The molecule has 0 rings (SSSR count). The Bertz CT molecular complexity index is 1420. The van der Waals surface area contributed by atoms with Crippen molar-refractivity contribution in [3.8, 4) is 0 Å². The minimum absolute atomic E-state index is 0.0877. The van der Waals surface area contributed by atoms with Crippen molar-refractivity contribution in [1.29, 1.82) is 0 Å². The number of unbranched alkanes of at least 4 members (excludes halogenated alkanes) is 32. The fraction of sp³-hybridized carbons (Fsp3) is 0.750. The summed E-state index contributed by atoms with van der Waals surface area (Å²) in [7, 11) is 0. The molecule has 0 aliphatic rings. The Morgan fingerprint density at radius 2 is 0.527 bits per heavy atom. The van der Waals surface area contributed by atoms with Crippen LogP contribution in [0.2, 0.25) is 0 Å². The van der Waals surface area contributed by atoms with Gasteiger partial charge in [-0.15, -0.1) is 0 Å². The van der Waals surface area contributed by atoms with Crippen LogP contribution < -0.4 is 0 Å². The van der Waals surface area contributed by atoms with Gasteiger partial charge in [-0.3, -0.25) is 14.4 Å². The minimum atomic E-state index is -0.794. The Morgan fingerprint density at radius 3 is 0.851 bits per heavy atom. The second kappa shape index (κ2) is 62.1. The zero-order valence-electron chi connectivity index (χ0n) is 48.8. The van der Waals surface area contributed by atoms with Crippen LogP contribution in [0.5, 0.6) is 0 Å². The van der Waals surface area contributed by atoms with E-state index in [4.69, 9.17) is 14.2 Å². The first-order valence-corrected chi connectivity index (χ1v) is 31.6. The summed E-state index contributed by atoms with van der Waals surface area (Å²) in [6.45, 7) is 6.51. The summed E-state index contributed by atoms with van der Waals surface area (Å²) >= 11 is 0. The monoisotopic (exact) mass is 1030 g/mol. The highest BCUT2D eigenvalue weighted by Crippen LogP contribution is 2.17. The number of hydrogen-bond acceptors (Lipinski definition) is 6. The third-order valence-corrected chi connectivity index (χ3v) is 13.6. The van der Waals surface area contributed by atoms with Crippen LogP contribution in [0.1, 0.15) is 310 Å². The molecule has 0 amide bonds. The average molecular weight is 1030 g/mol. The molecular weight excluding hydrogens is 913 g/mol. The van der Waals surface area contributed by atoms with Crippen molar-refractivity contribution in [2.24, 2.45) is 0 Å². The maximum absolute atomic E-state index is 12.9. The molecule has 0 aromatic heterocycles. The van der Waals surface area contributed by atoms with E-state index in [1.165, 1.54) is 148 Å². The van der Waals surface area contributed by atoms with Gasteiger partial charge in [0.2, 0.25) is 0 Å². The lowest BCUT2D eigenvalue weighted by Gasteiger charge is -2.18. The van der Waals surface area contributed by atoms with Gasteiger partial charge in [0.05, 0.1) is 0 Å². The lowest BCUT2D eigenvalue weighted by Crippen LogP contribution is -2.30. The summed E-state index contributed by atoms with van der Waals surface area (Å²) in [5.41, 5.74) is 0. The van der Waals surface area contributed by atoms with Gasteiger partial charge >= 0.3 is 17.9 Å². The molecule has 1 unspecified atom stereocenters. The van der Waals surface area contributed by atoms with Gasteiger partial charge in [0.1, 0.15) is 13.2 Å². The van der Waals surface area contributed by atoms with Crippen LogP contribution in [0.4, 0.5) is 0 Å².